The van der Waals surface area contributed by atoms with Crippen LogP contribution < -0.4 is 10.3 Å². The fourth-order valence-electron chi connectivity index (χ4n) is 3.17. The van der Waals surface area contributed by atoms with Crippen LogP contribution in [0.1, 0.15) is 35.7 Å². The first kappa shape index (κ1) is 19.3. The quantitative estimate of drug-likeness (QED) is 0.703. The van der Waals surface area contributed by atoms with Crippen molar-refractivity contribution in [2.24, 2.45) is 0 Å². The second-order valence-corrected chi connectivity index (χ2v) is 8.46. The number of carbonyl (C=O) groups is 1. The van der Waals surface area contributed by atoms with E-state index in [0.29, 0.717) is 30.0 Å². The summed E-state index contributed by atoms with van der Waals surface area (Å²) in [6.07, 6.45) is 3.04. The van der Waals surface area contributed by atoms with Gasteiger partial charge in [0, 0.05) is 36.5 Å². The number of benzene rings is 1. The monoisotopic (exact) mass is 390 g/mol. The SMILES string of the molecule is COc1ccc(C(C)=O)cc1Cn1cc(S(=O)(=O)N2CCCC2)ccc1=O. The summed E-state index contributed by atoms with van der Waals surface area (Å²) in [5.41, 5.74) is 0.799. The molecule has 0 atom stereocenters. The van der Waals surface area contributed by atoms with Crippen LogP contribution in [0, 0.1) is 0 Å². The van der Waals surface area contributed by atoms with Gasteiger partial charge in [-0.25, -0.2) is 8.42 Å². The van der Waals surface area contributed by atoms with Crippen LogP contribution in [0.3, 0.4) is 0 Å². The molecule has 0 bridgehead atoms. The molecular weight excluding hydrogens is 368 g/mol. The lowest BCUT2D eigenvalue weighted by molar-refractivity contribution is 0.101. The predicted molar refractivity (Wildman–Crippen MR) is 101 cm³/mol. The van der Waals surface area contributed by atoms with Crippen molar-refractivity contribution >= 4 is 15.8 Å². The summed E-state index contributed by atoms with van der Waals surface area (Å²) in [5.74, 6) is 0.427. The molecule has 8 heteroatoms. The highest BCUT2D eigenvalue weighted by Crippen LogP contribution is 2.23. The third-order valence-corrected chi connectivity index (χ3v) is 6.57. The van der Waals surface area contributed by atoms with E-state index in [9.17, 15) is 18.0 Å². The van der Waals surface area contributed by atoms with Gasteiger partial charge in [0.1, 0.15) is 5.75 Å². The Morgan fingerprint density at radius 1 is 1.15 bits per heavy atom. The Balaban J connectivity index is 2.00. The van der Waals surface area contributed by atoms with Crippen molar-refractivity contribution in [2.75, 3.05) is 20.2 Å². The molecule has 0 amide bonds. The zero-order valence-corrected chi connectivity index (χ0v) is 16.2. The van der Waals surface area contributed by atoms with Crippen molar-refractivity contribution < 1.29 is 17.9 Å². The van der Waals surface area contributed by atoms with Crippen molar-refractivity contribution in [3.63, 3.8) is 0 Å². The van der Waals surface area contributed by atoms with E-state index >= 15 is 0 Å². The summed E-state index contributed by atoms with van der Waals surface area (Å²) in [5, 5.41) is 0. The van der Waals surface area contributed by atoms with Gasteiger partial charge in [0.15, 0.2) is 5.78 Å². The van der Waals surface area contributed by atoms with Gasteiger partial charge in [0.25, 0.3) is 5.56 Å². The molecule has 0 radical (unpaired) electrons. The van der Waals surface area contributed by atoms with Crippen LogP contribution in [0.15, 0.2) is 46.2 Å². The van der Waals surface area contributed by atoms with E-state index in [2.05, 4.69) is 0 Å². The molecule has 27 heavy (non-hydrogen) atoms. The normalized spacial score (nSPS) is 15.0. The Labute approximate surface area is 158 Å². The summed E-state index contributed by atoms with van der Waals surface area (Å²) >= 11 is 0. The standard InChI is InChI=1S/C19H22N2O5S/c1-14(22)15-5-7-18(26-2)16(11-15)12-20-13-17(6-8-19(20)23)27(24,25)21-9-3-4-10-21/h5-8,11,13H,3-4,9-10,12H2,1-2H3. The number of methoxy groups -OCH3 is 1. The molecule has 7 nitrogen and oxygen atoms in total. The Kier molecular flexibility index (Phi) is 5.48. The third kappa shape index (κ3) is 3.96. The summed E-state index contributed by atoms with van der Waals surface area (Å²) in [6, 6.07) is 7.58. The summed E-state index contributed by atoms with van der Waals surface area (Å²) in [7, 11) is -2.12. The molecule has 1 aromatic carbocycles. The Hall–Kier alpha value is -2.45. The van der Waals surface area contributed by atoms with Gasteiger partial charge < -0.3 is 9.30 Å². The number of hydrogen-bond donors (Lipinski definition) is 0. The Morgan fingerprint density at radius 3 is 2.48 bits per heavy atom. The van der Waals surface area contributed by atoms with Gasteiger partial charge in [0.2, 0.25) is 10.0 Å². The number of ether oxygens (including phenoxy) is 1. The zero-order valence-electron chi connectivity index (χ0n) is 15.3. The Bertz CT molecular complexity index is 1020. The molecule has 1 fully saturated rings. The maximum Gasteiger partial charge on any atom is 0.250 e. The van der Waals surface area contributed by atoms with E-state index in [-0.39, 0.29) is 22.8 Å². The first-order chi connectivity index (χ1) is 12.8. The number of ketones is 1. The molecule has 0 unspecified atom stereocenters. The average molecular weight is 390 g/mol. The molecule has 0 N–H and O–H groups in total. The van der Waals surface area contributed by atoms with Gasteiger partial charge in [-0.2, -0.15) is 4.31 Å². The second-order valence-electron chi connectivity index (χ2n) is 6.52. The fourth-order valence-corrected chi connectivity index (χ4v) is 4.71. The van der Waals surface area contributed by atoms with Crippen LogP contribution in [0.25, 0.3) is 0 Å². The number of sulfonamides is 1. The fraction of sp³-hybridized carbons (Fsp3) is 0.368. The van der Waals surface area contributed by atoms with Crippen LogP contribution in [0.4, 0.5) is 0 Å². The topological polar surface area (TPSA) is 85.7 Å². The van der Waals surface area contributed by atoms with E-state index < -0.39 is 10.0 Å². The lowest BCUT2D eigenvalue weighted by Gasteiger charge is -2.17. The van der Waals surface area contributed by atoms with E-state index in [1.54, 1.807) is 18.2 Å². The van der Waals surface area contributed by atoms with Crippen LogP contribution in [-0.2, 0) is 16.6 Å². The molecule has 2 heterocycles. The van der Waals surface area contributed by atoms with Gasteiger partial charge >= 0.3 is 0 Å². The van der Waals surface area contributed by atoms with E-state index in [0.717, 1.165) is 12.8 Å². The maximum absolute atomic E-state index is 12.8. The molecule has 1 aromatic heterocycles. The number of aromatic nitrogens is 1. The molecule has 1 aliphatic rings. The highest BCUT2D eigenvalue weighted by atomic mass is 32.2. The minimum Gasteiger partial charge on any atom is -0.496 e. The number of hydrogen-bond acceptors (Lipinski definition) is 5. The molecular formula is C19H22N2O5S. The van der Waals surface area contributed by atoms with Gasteiger partial charge in [0.05, 0.1) is 18.6 Å². The lowest BCUT2D eigenvalue weighted by Crippen LogP contribution is -2.29. The highest BCUT2D eigenvalue weighted by molar-refractivity contribution is 7.89. The average Bonchev–Trinajstić information content (AvgIpc) is 3.19. The summed E-state index contributed by atoms with van der Waals surface area (Å²) in [4.78, 5) is 24.0. The molecule has 0 aliphatic carbocycles. The first-order valence-corrected chi connectivity index (χ1v) is 10.2. The summed E-state index contributed by atoms with van der Waals surface area (Å²) < 4.78 is 33.6. The zero-order chi connectivity index (χ0) is 19.6. The lowest BCUT2D eigenvalue weighted by atomic mass is 10.1. The molecule has 2 aromatic rings. The van der Waals surface area contributed by atoms with E-state index in [1.165, 1.54) is 41.2 Å². The minimum atomic E-state index is -3.62. The minimum absolute atomic E-state index is 0.0886. The van der Waals surface area contributed by atoms with Crippen LogP contribution in [0.5, 0.6) is 5.75 Å². The number of nitrogens with zero attached hydrogens (tertiary/aromatic N) is 2. The van der Waals surface area contributed by atoms with Crippen molar-refractivity contribution in [3.05, 3.63) is 58.0 Å². The van der Waals surface area contributed by atoms with Crippen molar-refractivity contribution in [1.82, 2.24) is 8.87 Å². The van der Waals surface area contributed by atoms with Gasteiger partial charge in [-0.3, -0.25) is 9.59 Å². The molecule has 1 saturated heterocycles. The predicted octanol–water partition coefficient (Wildman–Crippen LogP) is 1.89. The smallest absolute Gasteiger partial charge is 0.250 e. The van der Waals surface area contributed by atoms with Crippen molar-refractivity contribution in [2.45, 2.75) is 31.2 Å². The molecule has 3 rings (SSSR count). The molecule has 0 spiro atoms. The largest absolute Gasteiger partial charge is 0.496 e. The van der Waals surface area contributed by atoms with Crippen LogP contribution in [-0.4, -0.2) is 43.3 Å². The molecule has 0 saturated carbocycles. The summed E-state index contributed by atoms with van der Waals surface area (Å²) in [6.45, 7) is 2.55. The van der Waals surface area contributed by atoms with Crippen molar-refractivity contribution in [1.29, 1.82) is 0 Å². The molecule has 144 valence electrons. The van der Waals surface area contributed by atoms with Crippen LogP contribution >= 0.6 is 0 Å². The van der Waals surface area contributed by atoms with Crippen molar-refractivity contribution in [3.8, 4) is 5.75 Å². The second kappa shape index (κ2) is 7.66. The van der Waals surface area contributed by atoms with Gasteiger partial charge in [-0.15, -0.1) is 0 Å². The van der Waals surface area contributed by atoms with Gasteiger partial charge in [-0.05, 0) is 44.0 Å². The number of rotatable bonds is 6. The third-order valence-electron chi connectivity index (χ3n) is 4.69. The number of carbonyl (C=O) groups excluding carboxylic acids is 1. The Morgan fingerprint density at radius 2 is 1.85 bits per heavy atom. The van der Waals surface area contributed by atoms with E-state index in [4.69, 9.17) is 4.74 Å². The molecule has 1 aliphatic heterocycles. The number of Topliss-reactive ketones (excluding diaryl/α,β-unsaturated/α-hetero) is 1. The van der Waals surface area contributed by atoms with E-state index in [1.807, 2.05) is 0 Å². The number of pyridine rings is 1. The van der Waals surface area contributed by atoms with Gasteiger partial charge in [-0.1, -0.05) is 0 Å². The van der Waals surface area contributed by atoms with Crippen LogP contribution in [0.2, 0.25) is 0 Å². The first-order valence-electron chi connectivity index (χ1n) is 8.71. The highest BCUT2D eigenvalue weighted by Gasteiger charge is 2.27. The maximum atomic E-state index is 12.8.